The van der Waals surface area contributed by atoms with Crippen molar-refractivity contribution in [3.8, 4) is 0 Å². The number of nitrogens with zero attached hydrogens (tertiary/aromatic N) is 7. The van der Waals surface area contributed by atoms with E-state index < -0.39 is 16.9 Å². The monoisotopic (exact) mass is 524 g/mol. The molecule has 1 fully saturated rings. The van der Waals surface area contributed by atoms with Crippen molar-refractivity contribution in [1.29, 1.82) is 0 Å². The van der Waals surface area contributed by atoms with Crippen LogP contribution in [0.3, 0.4) is 0 Å². The summed E-state index contributed by atoms with van der Waals surface area (Å²) < 4.78 is 23.6. The Morgan fingerprint density at radius 1 is 1.21 bits per heavy atom. The van der Waals surface area contributed by atoms with Crippen LogP contribution in [0.5, 0.6) is 0 Å². The van der Waals surface area contributed by atoms with Crippen LogP contribution < -0.4 is 21.5 Å². The van der Waals surface area contributed by atoms with E-state index in [9.17, 15) is 14.0 Å². The number of hydrogen-bond acceptors (Lipinski definition) is 8. The van der Waals surface area contributed by atoms with Crippen molar-refractivity contribution < 1.29 is 8.91 Å². The van der Waals surface area contributed by atoms with Gasteiger partial charge in [-0.2, -0.15) is 0 Å². The third-order valence-corrected chi connectivity index (χ3v) is 7.28. The maximum atomic E-state index is 14.3. The summed E-state index contributed by atoms with van der Waals surface area (Å²) in [4.78, 5) is 37.4. The fourth-order valence-corrected chi connectivity index (χ4v) is 5.08. The van der Waals surface area contributed by atoms with E-state index in [1.165, 1.54) is 4.57 Å². The normalized spacial score (nSPS) is 14.9. The molecule has 1 aliphatic rings. The largest absolute Gasteiger partial charge is 0.368 e. The zero-order chi connectivity index (χ0) is 27.0. The average Bonchev–Trinajstić information content (AvgIpc) is 3.51. The fraction of sp³-hybridized carbons (Fsp3) is 0.500. The fourth-order valence-electron chi connectivity index (χ4n) is 5.08. The van der Waals surface area contributed by atoms with Crippen molar-refractivity contribution in [2.24, 2.45) is 13.0 Å². The number of hydrogen-bond donors (Lipinski definition) is 1. The number of pyridine rings is 1. The molecule has 0 aliphatic carbocycles. The van der Waals surface area contributed by atoms with E-state index in [0.29, 0.717) is 41.5 Å². The molecule has 0 unspecified atom stereocenters. The van der Waals surface area contributed by atoms with E-state index in [4.69, 9.17) is 9.51 Å². The van der Waals surface area contributed by atoms with E-state index in [1.54, 1.807) is 44.8 Å². The number of halogens is 1. The number of anilines is 2. The Hall–Kier alpha value is -3.96. The molecule has 38 heavy (non-hydrogen) atoms. The molecule has 202 valence electrons. The second-order valence-corrected chi connectivity index (χ2v) is 10.4. The summed E-state index contributed by atoms with van der Waals surface area (Å²) in [6, 6.07) is 7.50. The van der Waals surface area contributed by atoms with Crippen molar-refractivity contribution in [3.63, 3.8) is 0 Å². The molecule has 0 saturated carbocycles. The van der Waals surface area contributed by atoms with Gasteiger partial charge in [-0.1, -0.05) is 11.2 Å². The predicted molar refractivity (Wildman–Crippen MR) is 142 cm³/mol. The van der Waals surface area contributed by atoms with Crippen LogP contribution in [0.4, 0.5) is 16.0 Å². The number of alkyl halides is 1. The van der Waals surface area contributed by atoms with Crippen LogP contribution in [-0.4, -0.2) is 54.1 Å². The number of rotatable bonds is 8. The maximum Gasteiger partial charge on any atom is 0.332 e. The molecule has 1 N–H and O–H groups in total. The number of fused-ring (bicyclic) bond motifs is 1. The Kier molecular flexibility index (Phi) is 6.80. The zero-order valence-corrected chi connectivity index (χ0v) is 22.1. The second-order valence-electron chi connectivity index (χ2n) is 10.4. The van der Waals surface area contributed by atoms with Crippen LogP contribution in [0.15, 0.2) is 44.7 Å². The SMILES string of the molecule is Cc1cc(Cn2c(=O)c3c(ncn3CCNc3cccc(N4CCC(C(C)(C)F)CC4)n3)n(C)c2=O)no1. The summed E-state index contributed by atoms with van der Waals surface area (Å²) in [5.74, 6) is 2.24. The average molecular weight is 525 g/mol. The highest BCUT2D eigenvalue weighted by Gasteiger charge is 2.32. The molecule has 0 radical (unpaired) electrons. The summed E-state index contributed by atoms with van der Waals surface area (Å²) in [7, 11) is 1.59. The molecule has 1 aliphatic heterocycles. The van der Waals surface area contributed by atoms with E-state index >= 15 is 0 Å². The minimum Gasteiger partial charge on any atom is -0.368 e. The van der Waals surface area contributed by atoms with Crippen LogP contribution in [0.25, 0.3) is 11.2 Å². The Balaban J connectivity index is 1.29. The molecule has 0 atom stereocenters. The van der Waals surface area contributed by atoms with Gasteiger partial charge in [-0.05, 0) is 51.7 Å². The molecule has 0 amide bonds. The van der Waals surface area contributed by atoms with Crippen molar-refractivity contribution >= 4 is 22.8 Å². The smallest absolute Gasteiger partial charge is 0.332 e. The lowest BCUT2D eigenvalue weighted by molar-refractivity contribution is 0.104. The second kappa shape index (κ2) is 10.1. The van der Waals surface area contributed by atoms with E-state index in [1.807, 2.05) is 18.2 Å². The van der Waals surface area contributed by atoms with Gasteiger partial charge in [-0.25, -0.2) is 19.2 Å². The van der Waals surface area contributed by atoms with Crippen LogP contribution in [0.1, 0.15) is 38.1 Å². The molecule has 0 aromatic carbocycles. The Morgan fingerprint density at radius 2 is 1.97 bits per heavy atom. The molecular formula is C26H33FN8O3. The first-order valence-electron chi connectivity index (χ1n) is 12.8. The Labute approximate surface area is 218 Å². The van der Waals surface area contributed by atoms with Crippen LogP contribution in [0, 0.1) is 12.8 Å². The van der Waals surface area contributed by atoms with E-state index in [2.05, 4.69) is 20.4 Å². The van der Waals surface area contributed by atoms with E-state index in [0.717, 1.165) is 36.3 Å². The highest BCUT2D eigenvalue weighted by molar-refractivity contribution is 5.70. The van der Waals surface area contributed by atoms with Gasteiger partial charge in [0.1, 0.15) is 28.8 Å². The standard InChI is InChI=1S/C26H33FN8O3/c1-17-14-19(31-38-17)15-35-24(36)22-23(32(4)25(35)37)29-16-34(22)13-10-28-20-6-5-7-21(30-20)33-11-8-18(9-12-33)26(2,3)27/h5-7,14,16,18H,8-13,15H2,1-4H3,(H,28,30). The summed E-state index contributed by atoms with van der Waals surface area (Å²) in [5.41, 5.74) is -0.891. The molecule has 0 bridgehead atoms. The van der Waals surface area contributed by atoms with Crippen LogP contribution in [0.2, 0.25) is 0 Å². The lowest BCUT2D eigenvalue weighted by atomic mass is 9.84. The van der Waals surface area contributed by atoms with Gasteiger partial charge >= 0.3 is 5.69 Å². The lowest BCUT2D eigenvalue weighted by Gasteiger charge is -2.37. The molecule has 1 saturated heterocycles. The number of nitrogens with one attached hydrogen (secondary N) is 1. The van der Waals surface area contributed by atoms with Gasteiger partial charge in [0.15, 0.2) is 11.2 Å². The summed E-state index contributed by atoms with van der Waals surface area (Å²) in [6.07, 6.45) is 3.16. The quantitative estimate of drug-likeness (QED) is 0.374. The van der Waals surface area contributed by atoms with Gasteiger partial charge in [0.25, 0.3) is 5.56 Å². The molecule has 4 aromatic rings. The van der Waals surface area contributed by atoms with Gasteiger partial charge in [-0.15, -0.1) is 0 Å². The molecular weight excluding hydrogens is 491 g/mol. The lowest BCUT2D eigenvalue weighted by Crippen LogP contribution is -2.40. The van der Waals surface area contributed by atoms with E-state index in [-0.39, 0.29) is 12.5 Å². The van der Waals surface area contributed by atoms with Gasteiger partial charge in [0.2, 0.25) is 0 Å². The molecule has 5 heterocycles. The van der Waals surface area contributed by atoms with Crippen molar-refractivity contribution in [3.05, 3.63) is 62.9 Å². The summed E-state index contributed by atoms with van der Waals surface area (Å²) >= 11 is 0. The highest BCUT2D eigenvalue weighted by Crippen LogP contribution is 2.32. The van der Waals surface area contributed by atoms with Gasteiger partial charge in [0, 0.05) is 39.3 Å². The topological polar surface area (TPSA) is 116 Å². The third kappa shape index (κ3) is 5.07. The van der Waals surface area contributed by atoms with Gasteiger partial charge < -0.3 is 19.3 Å². The number of aryl methyl sites for hydroxylation is 2. The van der Waals surface area contributed by atoms with Crippen LogP contribution in [-0.2, 0) is 20.1 Å². The Morgan fingerprint density at radius 3 is 2.66 bits per heavy atom. The number of imidazole rings is 1. The molecule has 12 heteroatoms. The number of aromatic nitrogens is 6. The minimum atomic E-state index is -1.16. The predicted octanol–water partition coefficient (Wildman–Crippen LogP) is 2.71. The van der Waals surface area contributed by atoms with Gasteiger partial charge in [0.05, 0.1) is 12.9 Å². The summed E-state index contributed by atoms with van der Waals surface area (Å²) in [6.45, 7) is 7.56. The minimum absolute atomic E-state index is 0.0129. The first-order valence-corrected chi connectivity index (χ1v) is 12.8. The van der Waals surface area contributed by atoms with Crippen molar-refractivity contribution in [1.82, 2.24) is 28.8 Å². The van der Waals surface area contributed by atoms with Crippen molar-refractivity contribution in [2.45, 2.75) is 52.4 Å². The number of piperidine rings is 1. The Bertz CT molecular complexity index is 1550. The molecule has 4 aromatic heterocycles. The zero-order valence-electron chi connectivity index (χ0n) is 22.1. The molecule has 5 rings (SSSR count). The maximum absolute atomic E-state index is 14.3. The first-order chi connectivity index (χ1) is 18.1. The third-order valence-electron chi connectivity index (χ3n) is 7.28. The summed E-state index contributed by atoms with van der Waals surface area (Å²) in [5, 5.41) is 7.23. The molecule has 0 spiro atoms. The first kappa shape index (κ1) is 25.7. The highest BCUT2D eigenvalue weighted by atomic mass is 19.1. The molecule has 11 nitrogen and oxygen atoms in total. The van der Waals surface area contributed by atoms with Gasteiger partial charge in [-0.3, -0.25) is 13.9 Å². The van der Waals surface area contributed by atoms with Crippen molar-refractivity contribution in [2.75, 3.05) is 29.9 Å². The van der Waals surface area contributed by atoms with Crippen LogP contribution >= 0.6 is 0 Å².